The van der Waals surface area contributed by atoms with Gasteiger partial charge in [0.25, 0.3) is 0 Å². The van der Waals surface area contributed by atoms with E-state index in [4.69, 9.17) is 16.3 Å². The van der Waals surface area contributed by atoms with Crippen LogP contribution < -0.4 is 0 Å². The van der Waals surface area contributed by atoms with Crippen LogP contribution in [0.3, 0.4) is 0 Å². The highest BCUT2D eigenvalue weighted by Gasteiger charge is 2.28. The highest BCUT2D eigenvalue weighted by Crippen LogP contribution is 2.37. The van der Waals surface area contributed by atoms with E-state index in [-0.39, 0.29) is 5.97 Å². The summed E-state index contributed by atoms with van der Waals surface area (Å²) >= 11 is 5.89. The molecule has 1 fully saturated rings. The highest BCUT2D eigenvalue weighted by molar-refractivity contribution is 6.31. The minimum absolute atomic E-state index is 0.268. The summed E-state index contributed by atoms with van der Waals surface area (Å²) in [4.78, 5) is 11.7. The fourth-order valence-corrected chi connectivity index (χ4v) is 1.74. The van der Waals surface area contributed by atoms with Gasteiger partial charge in [0.1, 0.15) is 5.69 Å². The van der Waals surface area contributed by atoms with Crippen molar-refractivity contribution in [3.8, 4) is 0 Å². The van der Waals surface area contributed by atoms with Crippen molar-refractivity contribution in [3.63, 3.8) is 0 Å². The van der Waals surface area contributed by atoms with Crippen molar-refractivity contribution >= 4 is 17.6 Å². The van der Waals surface area contributed by atoms with Gasteiger partial charge in [-0.1, -0.05) is 18.5 Å². The second-order valence-corrected chi connectivity index (χ2v) is 4.25. The summed E-state index contributed by atoms with van der Waals surface area (Å²) in [6.07, 6.45) is 4.89. The molecule has 3 nitrogen and oxygen atoms in total. The van der Waals surface area contributed by atoms with Crippen LogP contribution in [0.25, 0.3) is 0 Å². The van der Waals surface area contributed by atoms with Crippen molar-refractivity contribution in [3.05, 3.63) is 23.0 Å². The number of rotatable bonds is 4. The lowest BCUT2D eigenvalue weighted by molar-refractivity contribution is 0.0492. The number of nitrogens with zero attached hydrogens (tertiary/aromatic N) is 1. The van der Waals surface area contributed by atoms with Gasteiger partial charge in [-0.25, -0.2) is 4.79 Å². The summed E-state index contributed by atoms with van der Waals surface area (Å²) in [5.41, 5.74) is 0.580. The molecule has 1 aliphatic rings. The fraction of sp³-hybridized carbons (Fsp3) is 0.545. The van der Waals surface area contributed by atoms with Crippen LogP contribution >= 0.6 is 11.6 Å². The van der Waals surface area contributed by atoms with Gasteiger partial charge in [0.15, 0.2) is 0 Å². The topological polar surface area (TPSA) is 31.2 Å². The largest absolute Gasteiger partial charge is 0.461 e. The third-order valence-electron chi connectivity index (χ3n) is 2.40. The van der Waals surface area contributed by atoms with Crippen LogP contribution in [-0.2, 0) is 4.74 Å². The Balaban J connectivity index is 2.14. The van der Waals surface area contributed by atoms with E-state index in [1.165, 1.54) is 0 Å². The van der Waals surface area contributed by atoms with Crippen molar-refractivity contribution in [2.24, 2.45) is 0 Å². The lowest BCUT2D eigenvalue weighted by atomic mass is 10.4. The maximum absolute atomic E-state index is 11.7. The van der Waals surface area contributed by atoms with Crippen molar-refractivity contribution in [2.75, 3.05) is 6.61 Å². The lowest BCUT2D eigenvalue weighted by Crippen LogP contribution is -2.11. The first-order valence-electron chi connectivity index (χ1n) is 5.27. The Morgan fingerprint density at radius 3 is 3.00 bits per heavy atom. The molecule has 0 N–H and O–H groups in total. The zero-order valence-electron chi connectivity index (χ0n) is 8.70. The summed E-state index contributed by atoms with van der Waals surface area (Å²) in [6.45, 7) is 2.44. The van der Waals surface area contributed by atoms with Crippen molar-refractivity contribution in [2.45, 2.75) is 32.2 Å². The number of aromatic nitrogens is 1. The van der Waals surface area contributed by atoms with E-state index in [2.05, 4.69) is 0 Å². The van der Waals surface area contributed by atoms with E-state index in [1.54, 1.807) is 6.07 Å². The molecule has 15 heavy (non-hydrogen) atoms. The summed E-state index contributed by atoms with van der Waals surface area (Å²) in [5.74, 6) is -0.268. The van der Waals surface area contributed by atoms with Gasteiger partial charge in [0, 0.05) is 12.2 Å². The van der Waals surface area contributed by atoms with Crippen LogP contribution in [0, 0.1) is 0 Å². The summed E-state index contributed by atoms with van der Waals surface area (Å²) < 4.78 is 7.02. The fourth-order valence-electron chi connectivity index (χ4n) is 1.53. The Kier molecular flexibility index (Phi) is 3.00. The Labute approximate surface area is 94.0 Å². The average Bonchev–Trinajstić information content (AvgIpc) is 2.98. The van der Waals surface area contributed by atoms with E-state index in [9.17, 15) is 4.79 Å². The van der Waals surface area contributed by atoms with Gasteiger partial charge in [0.05, 0.1) is 11.6 Å². The first kappa shape index (κ1) is 10.6. The first-order valence-corrected chi connectivity index (χ1v) is 5.64. The first-order chi connectivity index (χ1) is 7.22. The molecular formula is C11H14ClNO2. The molecule has 0 amide bonds. The third kappa shape index (κ3) is 2.34. The molecule has 0 unspecified atom stereocenters. The molecule has 2 rings (SSSR count). The number of hydrogen-bond donors (Lipinski definition) is 0. The molecule has 0 bridgehead atoms. The van der Waals surface area contributed by atoms with Gasteiger partial charge in [-0.3, -0.25) is 0 Å². The molecule has 4 heteroatoms. The van der Waals surface area contributed by atoms with Crippen LogP contribution in [0.4, 0.5) is 0 Å². The molecule has 0 aliphatic heterocycles. The maximum Gasteiger partial charge on any atom is 0.355 e. The number of ether oxygens (including phenoxy) is 1. The Morgan fingerprint density at radius 2 is 2.40 bits per heavy atom. The standard InChI is InChI=1S/C11H14ClNO2/c1-2-5-15-11(14)10-6-8(12)7-13(10)9-3-4-9/h6-7,9H,2-5H2,1H3. The van der Waals surface area contributed by atoms with Crippen molar-refractivity contribution < 1.29 is 9.53 Å². The highest BCUT2D eigenvalue weighted by atomic mass is 35.5. The predicted molar refractivity (Wildman–Crippen MR) is 58.3 cm³/mol. The molecular weight excluding hydrogens is 214 g/mol. The normalized spacial score (nSPS) is 15.3. The number of carbonyl (C=O) groups excluding carboxylic acids is 1. The molecule has 0 radical (unpaired) electrons. The third-order valence-corrected chi connectivity index (χ3v) is 2.61. The van der Waals surface area contributed by atoms with Crippen molar-refractivity contribution in [1.82, 2.24) is 4.57 Å². The molecule has 1 aromatic heterocycles. The monoisotopic (exact) mass is 227 g/mol. The molecule has 1 aromatic rings. The zero-order valence-corrected chi connectivity index (χ0v) is 9.46. The Hall–Kier alpha value is -0.960. The predicted octanol–water partition coefficient (Wildman–Crippen LogP) is 3.04. The maximum atomic E-state index is 11.7. The second-order valence-electron chi connectivity index (χ2n) is 3.82. The van der Waals surface area contributed by atoms with Crippen LogP contribution in [0.5, 0.6) is 0 Å². The number of hydrogen-bond acceptors (Lipinski definition) is 2. The van der Waals surface area contributed by atoms with Gasteiger partial charge in [-0.05, 0) is 25.3 Å². The van der Waals surface area contributed by atoms with Gasteiger partial charge in [-0.15, -0.1) is 0 Å². The smallest absolute Gasteiger partial charge is 0.355 e. The van der Waals surface area contributed by atoms with Gasteiger partial charge in [0.2, 0.25) is 0 Å². The van der Waals surface area contributed by atoms with Crippen molar-refractivity contribution in [1.29, 1.82) is 0 Å². The molecule has 0 aromatic carbocycles. The quantitative estimate of drug-likeness (QED) is 0.741. The van der Waals surface area contributed by atoms with Crippen LogP contribution in [-0.4, -0.2) is 17.1 Å². The Bertz CT molecular complexity index is 369. The summed E-state index contributed by atoms with van der Waals surface area (Å²) in [6, 6.07) is 2.12. The molecule has 82 valence electrons. The molecule has 1 aliphatic carbocycles. The number of carbonyl (C=O) groups is 1. The van der Waals surface area contributed by atoms with E-state index in [0.29, 0.717) is 23.4 Å². The van der Waals surface area contributed by atoms with Gasteiger partial charge in [-0.2, -0.15) is 0 Å². The van der Waals surface area contributed by atoms with Crippen LogP contribution in [0.2, 0.25) is 5.02 Å². The molecule has 0 spiro atoms. The van der Waals surface area contributed by atoms with E-state index in [0.717, 1.165) is 19.3 Å². The number of halogens is 1. The van der Waals surface area contributed by atoms with Gasteiger partial charge < -0.3 is 9.30 Å². The minimum atomic E-state index is -0.268. The van der Waals surface area contributed by atoms with E-state index >= 15 is 0 Å². The zero-order chi connectivity index (χ0) is 10.8. The molecule has 1 heterocycles. The van der Waals surface area contributed by atoms with Gasteiger partial charge >= 0.3 is 5.97 Å². The second kappa shape index (κ2) is 4.27. The van der Waals surface area contributed by atoms with Crippen LogP contribution in [0.15, 0.2) is 12.3 Å². The molecule has 0 atom stereocenters. The van der Waals surface area contributed by atoms with E-state index in [1.807, 2.05) is 17.7 Å². The van der Waals surface area contributed by atoms with E-state index < -0.39 is 0 Å². The SMILES string of the molecule is CCCOC(=O)c1cc(Cl)cn1C1CC1. The lowest BCUT2D eigenvalue weighted by Gasteiger charge is -2.06. The average molecular weight is 228 g/mol. The summed E-state index contributed by atoms with van der Waals surface area (Å²) in [5, 5.41) is 0.602. The number of esters is 1. The summed E-state index contributed by atoms with van der Waals surface area (Å²) in [7, 11) is 0. The molecule has 1 saturated carbocycles. The van der Waals surface area contributed by atoms with Crippen LogP contribution in [0.1, 0.15) is 42.7 Å². The minimum Gasteiger partial charge on any atom is -0.461 e. The molecule has 0 saturated heterocycles. The Morgan fingerprint density at radius 1 is 1.67 bits per heavy atom.